The second-order valence-electron chi connectivity index (χ2n) is 11.2. The average Bonchev–Trinajstić information content (AvgIpc) is 3.15. The van der Waals surface area contributed by atoms with Crippen molar-refractivity contribution in [2.75, 3.05) is 0 Å². The van der Waals surface area contributed by atoms with Crippen molar-refractivity contribution in [1.82, 2.24) is 19.9 Å². The van der Waals surface area contributed by atoms with Crippen LogP contribution in [-0.4, -0.2) is 19.9 Å². The van der Waals surface area contributed by atoms with Crippen molar-refractivity contribution < 1.29 is 0 Å². The fraction of sp³-hybridized carbons (Fsp3) is 0. The summed E-state index contributed by atoms with van der Waals surface area (Å²) in [5.41, 5.74) is 9.16. The lowest BCUT2D eigenvalue weighted by molar-refractivity contribution is 1.07. The third-order valence-electron chi connectivity index (χ3n) is 8.14. The van der Waals surface area contributed by atoms with E-state index in [9.17, 15) is 0 Å². The number of pyridine rings is 1. The molecule has 2 heterocycles. The van der Waals surface area contributed by atoms with Gasteiger partial charge in [0.05, 0.1) is 5.69 Å². The van der Waals surface area contributed by atoms with E-state index in [-0.39, 0.29) is 0 Å². The Morgan fingerprint density at radius 1 is 0.304 bits per heavy atom. The summed E-state index contributed by atoms with van der Waals surface area (Å²) in [6.07, 6.45) is 1.86. The third kappa shape index (κ3) is 5.44. The van der Waals surface area contributed by atoms with Gasteiger partial charge < -0.3 is 0 Å². The fourth-order valence-corrected chi connectivity index (χ4v) is 5.86. The van der Waals surface area contributed by atoms with Gasteiger partial charge in [-0.3, -0.25) is 4.98 Å². The summed E-state index contributed by atoms with van der Waals surface area (Å²) >= 11 is 0. The van der Waals surface area contributed by atoms with E-state index in [1.807, 2.05) is 60.8 Å². The minimum absolute atomic E-state index is 0.609. The monoisotopic (exact) mass is 588 g/mol. The molecular weight excluding hydrogens is 560 g/mol. The SMILES string of the molecule is c1ccc(-c2cc(-c3ccccc3)cc(-c3nc(-c4ccccc4)nc(-c4cccc(-c5nccc6ccccc56)c4)n3)c2)cc1. The van der Waals surface area contributed by atoms with Gasteiger partial charge in [-0.05, 0) is 58.0 Å². The van der Waals surface area contributed by atoms with E-state index in [1.54, 1.807) is 0 Å². The van der Waals surface area contributed by atoms with Crippen molar-refractivity contribution in [1.29, 1.82) is 0 Å². The molecular formula is C42H28N4. The molecule has 0 saturated carbocycles. The van der Waals surface area contributed by atoms with Crippen molar-refractivity contribution in [2.45, 2.75) is 0 Å². The highest BCUT2D eigenvalue weighted by atomic mass is 15.0. The molecule has 8 aromatic rings. The van der Waals surface area contributed by atoms with Gasteiger partial charge in [0.2, 0.25) is 0 Å². The molecule has 0 N–H and O–H groups in total. The Morgan fingerprint density at radius 3 is 1.41 bits per heavy atom. The molecule has 0 amide bonds. The number of hydrogen-bond acceptors (Lipinski definition) is 4. The van der Waals surface area contributed by atoms with E-state index in [1.165, 1.54) is 0 Å². The molecule has 0 fully saturated rings. The Bertz CT molecular complexity index is 2240. The summed E-state index contributed by atoms with van der Waals surface area (Å²) in [6, 6.07) is 56.2. The van der Waals surface area contributed by atoms with Gasteiger partial charge in [-0.1, -0.05) is 133 Å². The molecule has 8 rings (SSSR count). The second-order valence-corrected chi connectivity index (χ2v) is 11.2. The molecule has 4 heteroatoms. The van der Waals surface area contributed by atoms with E-state index >= 15 is 0 Å². The predicted octanol–water partition coefficient (Wildman–Crippen LogP) is 10.4. The van der Waals surface area contributed by atoms with E-state index < -0.39 is 0 Å². The van der Waals surface area contributed by atoms with Crippen LogP contribution in [0.15, 0.2) is 170 Å². The molecule has 6 aromatic carbocycles. The zero-order valence-corrected chi connectivity index (χ0v) is 25.0. The van der Waals surface area contributed by atoms with Crippen LogP contribution in [-0.2, 0) is 0 Å². The van der Waals surface area contributed by atoms with Crippen LogP contribution in [0.25, 0.3) is 78.4 Å². The Hall–Kier alpha value is -6.26. The number of nitrogens with zero attached hydrogens (tertiary/aromatic N) is 4. The van der Waals surface area contributed by atoms with E-state index in [0.717, 1.165) is 61.0 Å². The van der Waals surface area contributed by atoms with Gasteiger partial charge in [-0.15, -0.1) is 0 Å². The van der Waals surface area contributed by atoms with E-state index in [0.29, 0.717) is 17.5 Å². The summed E-state index contributed by atoms with van der Waals surface area (Å²) in [5, 5.41) is 2.26. The molecule has 0 spiro atoms. The number of rotatable bonds is 6. The molecule has 0 radical (unpaired) electrons. The highest BCUT2D eigenvalue weighted by Crippen LogP contribution is 2.34. The Labute approximate surface area is 267 Å². The van der Waals surface area contributed by atoms with Crippen LogP contribution in [0.5, 0.6) is 0 Å². The first-order valence-electron chi connectivity index (χ1n) is 15.3. The fourth-order valence-electron chi connectivity index (χ4n) is 5.86. The molecule has 4 nitrogen and oxygen atoms in total. The highest BCUT2D eigenvalue weighted by molar-refractivity contribution is 5.95. The van der Waals surface area contributed by atoms with Crippen molar-refractivity contribution in [3.63, 3.8) is 0 Å². The molecule has 0 atom stereocenters. The first-order chi connectivity index (χ1) is 22.8. The standard InChI is InChI=1S/C42H28N4/c1-4-13-29(14-5-1)35-26-36(30-15-6-2-7-16-30)28-37(27-35)42-45-40(32-18-8-3-9-19-32)44-41(46-42)34-21-12-20-33(25-34)39-38-22-11-10-17-31(38)23-24-43-39/h1-28H. The maximum absolute atomic E-state index is 5.12. The first kappa shape index (κ1) is 27.3. The molecule has 0 aliphatic rings. The average molecular weight is 589 g/mol. The lowest BCUT2D eigenvalue weighted by Crippen LogP contribution is -2.01. The molecule has 0 saturated heterocycles. The van der Waals surface area contributed by atoms with Crippen molar-refractivity contribution >= 4 is 10.8 Å². The molecule has 2 aromatic heterocycles. The van der Waals surface area contributed by atoms with Crippen LogP contribution in [0.4, 0.5) is 0 Å². The maximum atomic E-state index is 5.12. The van der Waals surface area contributed by atoms with Gasteiger partial charge >= 0.3 is 0 Å². The van der Waals surface area contributed by atoms with E-state index in [4.69, 9.17) is 19.9 Å². The molecule has 0 aliphatic heterocycles. The summed E-state index contributed by atoms with van der Waals surface area (Å²) in [6.45, 7) is 0. The maximum Gasteiger partial charge on any atom is 0.164 e. The summed E-state index contributed by atoms with van der Waals surface area (Å²) < 4.78 is 0. The van der Waals surface area contributed by atoms with Gasteiger partial charge in [-0.25, -0.2) is 15.0 Å². The third-order valence-corrected chi connectivity index (χ3v) is 8.14. The lowest BCUT2D eigenvalue weighted by Gasteiger charge is -2.13. The summed E-state index contributed by atoms with van der Waals surface area (Å²) in [7, 11) is 0. The highest BCUT2D eigenvalue weighted by Gasteiger charge is 2.16. The minimum Gasteiger partial charge on any atom is -0.256 e. The van der Waals surface area contributed by atoms with Gasteiger partial charge in [0.25, 0.3) is 0 Å². The molecule has 0 aliphatic carbocycles. The Kier molecular flexibility index (Phi) is 7.14. The first-order valence-corrected chi connectivity index (χ1v) is 15.3. The Balaban J connectivity index is 1.32. The minimum atomic E-state index is 0.609. The van der Waals surface area contributed by atoms with Gasteiger partial charge in [0.15, 0.2) is 17.5 Å². The summed E-state index contributed by atoms with van der Waals surface area (Å²) in [4.78, 5) is 20.0. The van der Waals surface area contributed by atoms with Gasteiger partial charge in [-0.2, -0.15) is 0 Å². The van der Waals surface area contributed by atoms with Crippen LogP contribution < -0.4 is 0 Å². The van der Waals surface area contributed by atoms with Crippen molar-refractivity contribution in [3.05, 3.63) is 170 Å². The van der Waals surface area contributed by atoms with Crippen molar-refractivity contribution in [2.24, 2.45) is 0 Å². The van der Waals surface area contributed by atoms with Crippen LogP contribution in [0.2, 0.25) is 0 Å². The number of hydrogen-bond donors (Lipinski definition) is 0. The smallest absolute Gasteiger partial charge is 0.164 e. The largest absolute Gasteiger partial charge is 0.256 e. The van der Waals surface area contributed by atoms with E-state index in [2.05, 4.69) is 109 Å². The zero-order valence-electron chi connectivity index (χ0n) is 25.0. The normalized spacial score (nSPS) is 11.0. The topological polar surface area (TPSA) is 51.6 Å². The second kappa shape index (κ2) is 12.0. The number of benzene rings is 6. The van der Waals surface area contributed by atoms with Crippen LogP contribution in [0.1, 0.15) is 0 Å². The van der Waals surface area contributed by atoms with Crippen LogP contribution in [0, 0.1) is 0 Å². The Morgan fingerprint density at radius 2 is 0.761 bits per heavy atom. The van der Waals surface area contributed by atoms with Gasteiger partial charge in [0, 0.05) is 33.8 Å². The van der Waals surface area contributed by atoms with Crippen molar-refractivity contribution in [3.8, 4) is 67.7 Å². The molecule has 0 bridgehead atoms. The van der Waals surface area contributed by atoms with Crippen LogP contribution >= 0.6 is 0 Å². The van der Waals surface area contributed by atoms with Gasteiger partial charge in [0.1, 0.15) is 0 Å². The number of aromatic nitrogens is 4. The zero-order chi connectivity index (χ0) is 30.7. The molecule has 0 unspecified atom stereocenters. The molecule has 46 heavy (non-hydrogen) atoms. The number of fused-ring (bicyclic) bond motifs is 1. The quantitative estimate of drug-likeness (QED) is 0.194. The predicted molar refractivity (Wildman–Crippen MR) is 188 cm³/mol. The van der Waals surface area contributed by atoms with Crippen LogP contribution in [0.3, 0.4) is 0 Å². The lowest BCUT2D eigenvalue weighted by atomic mass is 9.96. The summed E-state index contributed by atoms with van der Waals surface area (Å²) in [5.74, 6) is 1.85. The molecule has 216 valence electrons.